The number of aromatic amines is 1. The van der Waals surface area contributed by atoms with E-state index in [0.29, 0.717) is 19.0 Å². The van der Waals surface area contributed by atoms with Crippen molar-refractivity contribution in [2.45, 2.75) is 18.2 Å². The lowest BCUT2D eigenvalue weighted by atomic mass is 10.2. The van der Waals surface area contributed by atoms with E-state index in [1.807, 2.05) is 0 Å². The highest BCUT2D eigenvalue weighted by atomic mass is 32.2. The van der Waals surface area contributed by atoms with Crippen molar-refractivity contribution < 1.29 is 13.2 Å². The summed E-state index contributed by atoms with van der Waals surface area (Å²) in [5.74, 6) is 0.316. The number of aromatic nitrogens is 1. The summed E-state index contributed by atoms with van der Waals surface area (Å²) in [5.41, 5.74) is 0.267. The molecule has 1 atom stereocenters. The number of sulfonamides is 1. The molecule has 94 valence electrons. The Labute approximate surface area is 99.8 Å². The van der Waals surface area contributed by atoms with Crippen LogP contribution in [0.1, 0.15) is 23.8 Å². The highest BCUT2D eigenvalue weighted by Gasteiger charge is 2.25. The predicted octanol–water partition coefficient (Wildman–Crippen LogP) is 0.144. The lowest BCUT2D eigenvalue weighted by molar-refractivity contribution is 0.0783. The molecule has 1 amide bonds. The number of primary sulfonamides is 1. The molecule has 0 radical (unpaired) electrons. The van der Waals surface area contributed by atoms with Gasteiger partial charge in [0.2, 0.25) is 10.0 Å². The standard InChI is InChI=1S/C10H15N3O3S/c1-7-2-3-13(6-7)10(14)9-4-8(5-12-9)17(11,15)16/h4-5,7,12H,2-3,6H2,1H3,(H2,11,15,16). The third kappa shape index (κ3) is 2.50. The van der Waals surface area contributed by atoms with Gasteiger partial charge in [0.15, 0.2) is 0 Å². The number of nitrogens with zero attached hydrogens (tertiary/aromatic N) is 1. The SMILES string of the molecule is CC1CCN(C(=O)c2cc(S(N)(=O)=O)c[nH]2)C1. The van der Waals surface area contributed by atoms with E-state index in [4.69, 9.17) is 5.14 Å². The zero-order valence-corrected chi connectivity index (χ0v) is 10.3. The molecule has 0 saturated carbocycles. The van der Waals surface area contributed by atoms with Crippen molar-refractivity contribution in [3.63, 3.8) is 0 Å². The van der Waals surface area contributed by atoms with E-state index in [9.17, 15) is 13.2 Å². The largest absolute Gasteiger partial charge is 0.356 e. The first-order valence-electron chi connectivity index (χ1n) is 5.38. The molecular formula is C10H15N3O3S. The molecule has 17 heavy (non-hydrogen) atoms. The lowest BCUT2D eigenvalue weighted by Crippen LogP contribution is -2.28. The monoisotopic (exact) mass is 257 g/mol. The van der Waals surface area contributed by atoms with E-state index in [1.54, 1.807) is 4.90 Å². The minimum absolute atomic E-state index is 0.0619. The van der Waals surface area contributed by atoms with E-state index in [1.165, 1.54) is 12.3 Å². The van der Waals surface area contributed by atoms with Crippen LogP contribution in [-0.2, 0) is 10.0 Å². The van der Waals surface area contributed by atoms with Crippen LogP contribution >= 0.6 is 0 Å². The van der Waals surface area contributed by atoms with Gasteiger partial charge in [0.05, 0.1) is 4.90 Å². The minimum atomic E-state index is -3.75. The molecule has 1 aliphatic heterocycles. The van der Waals surface area contributed by atoms with Gasteiger partial charge in [-0.3, -0.25) is 4.79 Å². The summed E-state index contributed by atoms with van der Waals surface area (Å²) in [5, 5.41) is 4.97. The van der Waals surface area contributed by atoms with Crippen LogP contribution in [0.3, 0.4) is 0 Å². The average molecular weight is 257 g/mol. The summed E-state index contributed by atoms with van der Waals surface area (Å²) >= 11 is 0. The van der Waals surface area contributed by atoms with Gasteiger partial charge in [-0.2, -0.15) is 0 Å². The molecule has 1 aromatic heterocycles. The molecule has 1 unspecified atom stereocenters. The zero-order chi connectivity index (χ0) is 12.6. The van der Waals surface area contributed by atoms with Gasteiger partial charge in [0, 0.05) is 19.3 Å². The van der Waals surface area contributed by atoms with Gasteiger partial charge >= 0.3 is 0 Å². The number of carbonyl (C=O) groups is 1. The van der Waals surface area contributed by atoms with Gasteiger partial charge in [0.25, 0.3) is 5.91 Å². The maximum atomic E-state index is 12.0. The number of amides is 1. The number of carbonyl (C=O) groups excluding carboxylic acids is 1. The van der Waals surface area contributed by atoms with Crippen LogP contribution in [0.4, 0.5) is 0 Å². The van der Waals surface area contributed by atoms with E-state index >= 15 is 0 Å². The maximum Gasteiger partial charge on any atom is 0.270 e. The molecule has 0 aromatic carbocycles. The van der Waals surface area contributed by atoms with Crippen molar-refractivity contribution in [2.24, 2.45) is 11.1 Å². The molecule has 2 rings (SSSR count). The summed E-state index contributed by atoms with van der Waals surface area (Å²) in [4.78, 5) is 16.3. The molecular weight excluding hydrogens is 242 g/mol. The van der Waals surface area contributed by atoms with Crippen molar-refractivity contribution in [3.05, 3.63) is 18.0 Å². The Kier molecular flexibility index (Phi) is 2.96. The molecule has 1 aliphatic rings. The second-order valence-corrected chi connectivity index (χ2v) is 6.00. The second-order valence-electron chi connectivity index (χ2n) is 4.44. The minimum Gasteiger partial charge on any atom is -0.356 e. The molecule has 1 saturated heterocycles. The highest BCUT2D eigenvalue weighted by molar-refractivity contribution is 7.89. The van der Waals surface area contributed by atoms with E-state index in [-0.39, 0.29) is 16.5 Å². The smallest absolute Gasteiger partial charge is 0.270 e. The predicted molar refractivity (Wildman–Crippen MR) is 61.9 cm³/mol. The Balaban J connectivity index is 2.18. The van der Waals surface area contributed by atoms with Gasteiger partial charge < -0.3 is 9.88 Å². The number of likely N-dealkylation sites (tertiary alicyclic amines) is 1. The van der Waals surface area contributed by atoms with Crippen LogP contribution in [0.5, 0.6) is 0 Å². The summed E-state index contributed by atoms with van der Waals surface area (Å²) in [7, 11) is -3.75. The summed E-state index contributed by atoms with van der Waals surface area (Å²) in [6, 6.07) is 1.28. The number of nitrogens with two attached hydrogens (primary N) is 1. The van der Waals surface area contributed by atoms with Crippen LogP contribution in [0.2, 0.25) is 0 Å². The number of rotatable bonds is 2. The average Bonchev–Trinajstić information content (AvgIpc) is 2.83. The van der Waals surface area contributed by atoms with Crippen molar-refractivity contribution >= 4 is 15.9 Å². The Morgan fingerprint density at radius 1 is 1.59 bits per heavy atom. The van der Waals surface area contributed by atoms with Crippen molar-refractivity contribution in [1.82, 2.24) is 9.88 Å². The highest BCUT2D eigenvalue weighted by Crippen LogP contribution is 2.18. The topological polar surface area (TPSA) is 96.3 Å². The first-order chi connectivity index (χ1) is 7.88. The van der Waals surface area contributed by atoms with Crippen LogP contribution in [0.25, 0.3) is 0 Å². The number of H-pyrrole nitrogens is 1. The number of hydrogen-bond acceptors (Lipinski definition) is 3. The Morgan fingerprint density at radius 2 is 2.29 bits per heavy atom. The van der Waals surface area contributed by atoms with Crippen molar-refractivity contribution in [1.29, 1.82) is 0 Å². The maximum absolute atomic E-state index is 12.0. The second kappa shape index (κ2) is 4.15. The summed E-state index contributed by atoms with van der Waals surface area (Å²) in [6.07, 6.45) is 2.22. The fourth-order valence-electron chi connectivity index (χ4n) is 1.95. The molecule has 7 heteroatoms. The lowest BCUT2D eigenvalue weighted by Gasteiger charge is -2.14. The van der Waals surface area contributed by atoms with Crippen LogP contribution < -0.4 is 5.14 Å². The molecule has 0 aliphatic carbocycles. The van der Waals surface area contributed by atoms with Gasteiger partial charge in [-0.15, -0.1) is 0 Å². The molecule has 3 N–H and O–H groups in total. The Morgan fingerprint density at radius 3 is 2.76 bits per heavy atom. The fourth-order valence-corrected chi connectivity index (χ4v) is 2.46. The van der Waals surface area contributed by atoms with Crippen molar-refractivity contribution in [2.75, 3.05) is 13.1 Å². The summed E-state index contributed by atoms with van der Waals surface area (Å²) in [6.45, 7) is 3.50. The molecule has 0 spiro atoms. The van der Waals surface area contributed by atoms with E-state index < -0.39 is 10.0 Å². The Hall–Kier alpha value is -1.34. The fraction of sp³-hybridized carbons (Fsp3) is 0.500. The third-order valence-corrected chi connectivity index (χ3v) is 3.82. The first-order valence-corrected chi connectivity index (χ1v) is 6.93. The quantitative estimate of drug-likeness (QED) is 0.789. The Bertz CT molecular complexity index is 535. The molecule has 0 bridgehead atoms. The van der Waals surface area contributed by atoms with Gasteiger partial charge in [-0.05, 0) is 18.4 Å². The molecule has 1 fully saturated rings. The van der Waals surface area contributed by atoms with Gasteiger partial charge in [0.1, 0.15) is 5.69 Å². The zero-order valence-electron chi connectivity index (χ0n) is 9.51. The van der Waals surface area contributed by atoms with Crippen LogP contribution in [0, 0.1) is 5.92 Å². The van der Waals surface area contributed by atoms with Crippen molar-refractivity contribution in [3.8, 4) is 0 Å². The van der Waals surface area contributed by atoms with Crippen LogP contribution in [-0.4, -0.2) is 37.3 Å². The molecule has 2 heterocycles. The number of nitrogens with one attached hydrogen (secondary N) is 1. The first kappa shape index (κ1) is 12.1. The summed E-state index contributed by atoms with van der Waals surface area (Å²) < 4.78 is 22.2. The third-order valence-electron chi connectivity index (χ3n) is 2.93. The number of hydrogen-bond donors (Lipinski definition) is 2. The molecule has 1 aromatic rings. The van der Waals surface area contributed by atoms with Crippen LogP contribution in [0.15, 0.2) is 17.2 Å². The van der Waals surface area contributed by atoms with Gasteiger partial charge in [-0.1, -0.05) is 6.92 Å². The van der Waals surface area contributed by atoms with E-state index in [2.05, 4.69) is 11.9 Å². The van der Waals surface area contributed by atoms with Gasteiger partial charge in [-0.25, -0.2) is 13.6 Å². The van der Waals surface area contributed by atoms with E-state index in [0.717, 1.165) is 6.42 Å². The normalized spacial score (nSPS) is 20.8. The molecule has 6 nitrogen and oxygen atoms in total.